The summed E-state index contributed by atoms with van der Waals surface area (Å²) in [6, 6.07) is 13.1. The van der Waals surface area contributed by atoms with Crippen LogP contribution in [0.1, 0.15) is 5.56 Å². The Bertz CT molecular complexity index is 828. The fourth-order valence-electron chi connectivity index (χ4n) is 2.42. The topological polar surface area (TPSA) is 42.7 Å². The first kappa shape index (κ1) is 10.8. The molecule has 2 heterocycles. The predicted octanol–water partition coefficient (Wildman–Crippen LogP) is 2.89. The molecule has 1 aliphatic heterocycles. The van der Waals surface area contributed by atoms with Crippen LogP contribution in [0.5, 0.6) is 0 Å². The second-order valence-electron chi connectivity index (χ2n) is 4.92. The minimum atomic E-state index is 0.0334. The highest BCUT2D eigenvalue weighted by atomic mass is 16.6. The number of rotatable bonds is 2. The molecule has 19 heavy (non-hydrogen) atoms. The maximum atomic E-state index is 12.3. The molecule has 1 aromatic heterocycles. The summed E-state index contributed by atoms with van der Waals surface area (Å²) in [5, 5.41) is 1.27. The summed E-state index contributed by atoms with van der Waals surface area (Å²) in [4.78, 5) is 12.3. The van der Waals surface area contributed by atoms with E-state index in [0.29, 0.717) is 28.0 Å². The molecule has 94 valence electrons. The Morgan fingerprint density at radius 2 is 1.84 bits per heavy atom. The molecular formula is C16H12O3. The lowest BCUT2D eigenvalue weighted by molar-refractivity contribution is 0.407. The number of hydrogen-bond acceptors (Lipinski definition) is 3. The average molecular weight is 252 g/mol. The SMILES string of the molecule is O=c1c2ccccc2oc2cc(CC3CO3)ccc12. The van der Waals surface area contributed by atoms with Gasteiger partial charge in [-0.1, -0.05) is 18.2 Å². The highest BCUT2D eigenvalue weighted by Crippen LogP contribution is 2.22. The molecular weight excluding hydrogens is 240 g/mol. The quantitative estimate of drug-likeness (QED) is 0.520. The Morgan fingerprint density at radius 3 is 2.68 bits per heavy atom. The van der Waals surface area contributed by atoms with Crippen LogP contribution in [-0.4, -0.2) is 12.7 Å². The number of fused-ring (bicyclic) bond motifs is 2. The molecule has 1 saturated heterocycles. The molecule has 0 spiro atoms. The molecule has 1 fully saturated rings. The lowest BCUT2D eigenvalue weighted by atomic mass is 10.1. The van der Waals surface area contributed by atoms with Crippen molar-refractivity contribution in [3.05, 3.63) is 58.3 Å². The third-order valence-electron chi connectivity index (χ3n) is 3.51. The van der Waals surface area contributed by atoms with Crippen LogP contribution in [0, 0.1) is 0 Å². The van der Waals surface area contributed by atoms with E-state index in [1.165, 1.54) is 0 Å². The molecule has 0 saturated carbocycles. The summed E-state index contributed by atoms with van der Waals surface area (Å²) in [5.41, 5.74) is 2.47. The molecule has 3 aromatic rings. The lowest BCUT2D eigenvalue weighted by Gasteiger charge is -2.03. The van der Waals surface area contributed by atoms with Crippen molar-refractivity contribution in [2.75, 3.05) is 6.61 Å². The Balaban J connectivity index is 1.97. The van der Waals surface area contributed by atoms with E-state index in [1.54, 1.807) is 6.07 Å². The second kappa shape index (κ2) is 3.93. The third-order valence-corrected chi connectivity index (χ3v) is 3.51. The van der Waals surface area contributed by atoms with Crippen molar-refractivity contribution in [2.24, 2.45) is 0 Å². The molecule has 1 aliphatic rings. The van der Waals surface area contributed by atoms with Gasteiger partial charge in [0.2, 0.25) is 5.43 Å². The minimum absolute atomic E-state index is 0.0334. The summed E-state index contributed by atoms with van der Waals surface area (Å²) >= 11 is 0. The van der Waals surface area contributed by atoms with Gasteiger partial charge in [0.25, 0.3) is 0 Å². The first-order valence-electron chi connectivity index (χ1n) is 6.37. The van der Waals surface area contributed by atoms with E-state index in [1.807, 2.05) is 36.4 Å². The Hall–Kier alpha value is -2.13. The van der Waals surface area contributed by atoms with E-state index in [-0.39, 0.29) is 5.43 Å². The standard InChI is InChI=1S/C16H12O3/c17-16-12-3-1-2-4-14(12)19-15-8-10(5-6-13(15)16)7-11-9-18-11/h1-6,8,11H,7,9H2. The number of ether oxygens (including phenoxy) is 1. The molecule has 2 aromatic carbocycles. The molecule has 3 nitrogen and oxygen atoms in total. The van der Waals surface area contributed by atoms with Crippen molar-refractivity contribution in [2.45, 2.75) is 12.5 Å². The van der Waals surface area contributed by atoms with Crippen molar-refractivity contribution in [1.82, 2.24) is 0 Å². The monoisotopic (exact) mass is 252 g/mol. The Labute approximate surface area is 109 Å². The fourth-order valence-corrected chi connectivity index (χ4v) is 2.42. The second-order valence-corrected chi connectivity index (χ2v) is 4.92. The first-order valence-corrected chi connectivity index (χ1v) is 6.37. The van der Waals surface area contributed by atoms with Crippen LogP contribution in [0.3, 0.4) is 0 Å². The molecule has 0 aliphatic carbocycles. The number of epoxide rings is 1. The van der Waals surface area contributed by atoms with Gasteiger partial charge in [-0.2, -0.15) is 0 Å². The van der Waals surface area contributed by atoms with Crippen LogP contribution in [0.4, 0.5) is 0 Å². The summed E-state index contributed by atoms with van der Waals surface area (Å²) in [6.45, 7) is 0.833. The van der Waals surface area contributed by atoms with Gasteiger partial charge in [-0.3, -0.25) is 4.79 Å². The van der Waals surface area contributed by atoms with Crippen LogP contribution in [0.2, 0.25) is 0 Å². The average Bonchev–Trinajstić information content (AvgIpc) is 3.23. The van der Waals surface area contributed by atoms with Crippen LogP contribution in [0.25, 0.3) is 21.9 Å². The van der Waals surface area contributed by atoms with Crippen LogP contribution in [0.15, 0.2) is 51.7 Å². The summed E-state index contributed by atoms with van der Waals surface area (Å²) in [7, 11) is 0. The van der Waals surface area contributed by atoms with Crippen LogP contribution in [-0.2, 0) is 11.2 Å². The molecule has 1 atom stereocenters. The zero-order valence-electron chi connectivity index (χ0n) is 10.3. The normalized spacial score (nSPS) is 18.0. The highest BCUT2D eigenvalue weighted by Gasteiger charge is 2.22. The molecule has 0 amide bonds. The van der Waals surface area contributed by atoms with E-state index in [0.717, 1.165) is 18.6 Å². The minimum Gasteiger partial charge on any atom is -0.456 e. The number of hydrogen-bond donors (Lipinski definition) is 0. The van der Waals surface area contributed by atoms with Crippen molar-refractivity contribution in [1.29, 1.82) is 0 Å². The molecule has 3 heteroatoms. The molecule has 4 rings (SSSR count). The van der Waals surface area contributed by atoms with Gasteiger partial charge in [0.05, 0.1) is 23.5 Å². The first-order chi connectivity index (χ1) is 9.31. The largest absolute Gasteiger partial charge is 0.456 e. The van der Waals surface area contributed by atoms with E-state index in [9.17, 15) is 4.79 Å². The van der Waals surface area contributed by atoms with Gasteiger partial charge in [0.15, 0.2) is 0 Å². The third kappa shape index (κ3) is 1.83. The highest BCUT2D eigenvalue weighted by molar-refractivity contribution is 5.89. The van der Waals surface area contributed by atoms with Crippen molar-refractivity contribution in [3.63, 3.8) is 0 Å². The van der Waals surface area contributed by atoms with Crippen LogP contribution < -0.4 is 5.43 Å². The Kier molecular flexibility index (Phi) is 2.23. The zero-order valence-corrected chi connectivity index (χ0v) is 10.3. The van der Waals surface area contributed by atoms with E-state index in [2.05, 4.69) is 0 Å². The molecule has 1 unspecified atom stereocenters. The van der Waals surface area contributed by atoms with Gasteiger partial charge in [0.1, 0.15) is 11.2 Å². The van der Waals surface area contributed by atoms with E-state index < -0.39 is 0 Å². The molecule has 0 radical (unpaired) electrons. The number of benzene rings is 2. The summed E-state index contributed by atoms with van der Waals surface area (Å²) in [6.07, 6.45) is 1.22. The zero-order chi connectivity index (χ0) is 12.8. The predicted molar refractivity (Wildman–Crippen MR) is 73.4 cm³/mol. The molecule has 0 bridgehead atoms. The lowest BCUT2D eigenvalue weighted by Crippen LogP contribution is -2.02. The smallest absolute Gasteiger partial charge is 0.200 e. The summed E-state index contributed by atoms with van der Waals surface area (Å²) in [5.74, 6) is 0. The van der Waals surface area contributed by atoms with Gasteiger partial charge < -0.3 is 9.15 Å². The van der Waals surface area contributed by atoms with Crippen molar-refractivity contribution < 1.29 is 9.15 Å². The van der Waals surface area contributed by atoms with Crippen molar-refractivity contribution in [3.8, 4) is 0 Å². The maximum absolute atomic E-state index is 12.3. The van der Waals surface area contributed by atoms with Gasteiger partial charge in [-0.25, -0.2) is 0 Å². The maximum Gasteiger partial charge on any atom is 0.200 e. The van der Waals surface area contributed by atoms with E-state index >= 15 is 0 Å². The Morgan fingerprint density at radius 1 is 1.05 bits per heavy atom. The summed E-state index contributed by atoms with van der Waals surface area (Å²) < 4.78 is 11.1. The van der Waals surface area contributed by atoms with Crippen molar-refractivity contribution >= 4 is 21.9 Å². The van der Waals surface area contributed by atoms with Gasteiger partial charge in [-0.05, 0) is 29.8 Å². The van der Waals surface area contributed by atoms with Gasteiger partial charge >= 0.3 is 0 Å². The fraction of sp³-hybridized carbons (Fsp3) is 0.188. The van der Waals surface area contributed by atoms with E-state index in [4.69, 9.17) is 9.15 Å². The van der Waals surface area contributed by atoms with Gasteiger partial charge in [0, 0.05) is 6.42 Å². The molecule has 0 N–H and O–H groups in total. The van der Waals surface area contributed by atoms with Gasteiger partial charge in [-0.15, -0.1) is 0 Å². The van der Waals surface area contributed by atoms with Crippen LogP contribution >= 0.6 is 0 Å². The number of para-hydroxylation sites is 1.